The molecule has 0 saturated heterocycles. The van der Waals surface area contributed by atoms with Crippen LogP contribution in [-0.4, -0.2) is 57.1 Å². The second-order valence-corrected chi connectivity index (χ2v) is 11.1. The maximum atomic E-state index is 13.9. The number of hydrogen-bond acceptors (Lipinski definition) is 6. The van der Waals surface area contributed by atoms with Crippen LogP contribution in [0.4, 0.5) is 21.9 Å². The fraction of sp³-hybridized carbons (Fsp3) is 0.333. The number of likely N-dealkylation sites (N-methyl/N-ethyl adjacent to an activating group) is 2. The molecule has 43 heavy (non-hydrogen) atoms. The van der Waals surface area contributed by atoms with Gasteiger partial charge in [-0.25, -0.2) is 14.1 Å². The number of anilines is 2. The highest BCUT2D eigenvalue weighted by Crippen LogP contribution is 2.39. The Bertz CT molecular complexity index is 1500. The number of nitrogens with zero attached hydrogens (tertiary/aromatic N) is 2. The first-order valence-corrected chi connectivity index (χ1v) is 14.3. The van der Waals surface area contributed by atoms with Crippen LogP contribution < -0.4 is 29.9 Å². The Morgan fingerprint density at radius 2 is 1.63 bits per heavy atom. The number of aryl methyl sites for hydroxylation is 2. The lowest BCUT2D eigenvalue weighted by Gasteiger charge is -2.37. The SMILES string of the molecule is Cc1cc(C)cc(N(C)C(=O)COc2ccccc2[N+](C)(C(=O)CNC(=O)Nc2cccc(C(=O)[O-])c2)C2CCCC2)c1. The topological polar surface area (TPSA) is 128 Å². The number of carbonyl (C=O) groups is 4. The van der Waals surface area contributed by atoms with Crippen molar-refractivity contribution >= 4 is 40.9 Å². The number of amides is 4. The summed E-state index contributed by atoms with van der Waals surface area (Å²) in [5.74, 6) is -1.41. The second-order valence-electron chi connectivity index (χ2n) is 11.1. The van der Waals surface area contributed by atoms with Crippen LogP contribution in [0.2, 0.25) is 0 Å². The third-order valence-electron chi connectivity index (χ3n) is 8.01. The Hall–Kier alpha value is -4.70. The maximum absolute atomic E-state index is 13.9. The van der Waals surface area contributed by atoms with E-state index in [0.29, 0.717) is 11.4 Å². The number of carboxylic acid groups (broad SMARTS) is 1. The number of rotatable bonds is 10. The standard InChI is InChI=1S/C33H38N4O6/c1-22-16-23(2)18-26(17-22)36(3)30(38)21-43-29-15-8-7-14-28(29)37(4,27-12-5-6-13-27)31(39)20-34-33(42)35-25-11-9-10-24(19-25)32(40)41/h7-11,14-19,27H,5-6,12-13,20-21H2,1-4H3,(H2-,34,35,40,41,42). The molecule has 4 rings (SSSR count). The van der Waals surface area contributed by atoms with Gasteiger partial charge >= 0.3 is 11.9 Å². The summed E-state index contributed by atoms with van der Waals surface area (Å²) in [5.41, 5.74) is 3.68. The molecular weight excluding hydrogens is 548 g/mol. The highest BCUT2D eigenvalue weighted by molar-refractivity contribution is 5.97. The van der Waals surface area contributed by atoms with Gasteiger partial charge in [0.15, 0.2) is 18.0 Å². The van der Waals surface area contributed by atoms with Gasteiger partial charge in [0.25, 0.3) is 5.91 Å². The van der Waals surface area contributed by atoms with Gasteiger partial charge in [0.2, 0.25) is 0 Å². The monoisotopic (exact) mass is 586 g/mol. The molecule has 0 aromatic heterocycles. The Balaban J connectivity index is 1.50. The molecular formula is C33H38N4O6. The summed E-state index contributed by atoms with van der Waals surface area (Å²) in [6.07, 6.45) is 3.62. The van der Waals surface area contributed by atoms with E-state index in [9.17, 15) is 24.3 Å². The number of quaternary nitrogens is 1. The van der Waals surface area contributed by atoms with Crippen molar-refractivity contribution in [1.82, 2.24) is 9.80 Å². The van der Waals surface area contributed by atoms with Crippen LogP contribution in [0.1, 0.15) is 47.2 Å². The molecule has 4 amide bonds. The van der Waals surface area contributed by atoms with Gasteiger partial charge in [-0.15, -0.1) is 0 Å². The number of carboxylic acids is 1. The summed E-state index contributed by atoms with van der Waals surface area (Å²) in [4.78, 5) is 52.4. The Kier molecular flexibility index (Phi) is 9.82. The number of carbonyl (C=O) groups excluding carboxylic acids is 4. The van der Waals surface area contributed by atoms with Crippen molar-refractivity contribution in [3.63, 3.8) is 0 Å². The van der Waals surface area contributed by atoms with E-state index in [1.165, 1.54) is 18.2 Å². The Morgan fingerprint density at radius 1 is 0.953 bits per heavy atom. The van der Waals surface area contributed by atoms with Crippen molar-refractivity contribution in [2.45, 2.75) is 45.6 Å². The largest absolute Gasteiger partial charge is 0.545 e. The third kappa shape index (κ3) is 7.39. The molecule has 0 radical (unpaired) electrons. The average molecular weight is 587 g/mol. The minimum absolute atomic E-state index is 0.0319. The van der Waals surface area contributed by atoms with Gasteiger partial charge in [-0.1, -0.05) is 30.3 Å². The molecule has 3 aromatic carbocycles. The Morgan fingerprint density at radius 3 is 2.30 bits per heavy atom. The van der Waals surface area contributed by atoms with E-state index in [2.05, 4.69) is 10.6 Å². The van der Waals surface area contributed by atoms with Crippen LogP contribution in [0.3, 0.4) is 0 Å². The lowest BCUT2D eigenvalue weighted by molar-refractivity contribution is -0.255. The first kappa shape index (κ1) is 31.2. The van der Waals surface area contributed by atoms with E-state index >= 15 is 0 Å². The van der Waals surface area contributed by atoms with E-state index in [1.807, 2.05) is 51.2 Å². The first-order chi connectivity index (χ1) is 20.5. The van der Waals surface area contributed by atoms with E-state index in [-0.39, 0.29) is 46.7 Å². The zero-order valence-electron chi connectivity index (χ0n) is 25.0. The number of ether oxygens (including phenoxy) is 1. The lowest BCUT2D eigenvalue weighted by Crippen LogP contribution is -2.60. The van der Waals surface area contributed by atoms with Crippen molar-refractivity contribution in [2.75, 3.05) is 37.5 Å². The molecule has 0 heterocycles. The minimum Gasteiger partial charge on any atom is -0.545 e. The van der Waals surface area contributed by atoms with Gasteiger partial charge in [0.1, 0.15) is 12.6 Å². The van der Waals surface area contributed by atoms with Gasteiger partial charge in [0, 0.05) is 37.3 Å². The van der Waals surface area contributed by atoms with Gasteiger partial charge in [-0.05, 0) is 73.7 Å². The van der Waals surface area contributed by atoms with Crippen LogP contribution in [0.15, 0.2) is 66.7 Å². The minimum atomic E-state index is -1.36. The highest BCUT2D eigenvalue weighted by atomic mass is 16.5. The van der Waals surface area contributed by atoms with Gasteiger partial charge in [-0.3, -0.25) is 4.79 Å². The van der Waals surface area contributed by atoms with Crippen LogP contribution in [-0.2, 0) is 9.59 Å². The number of nitrogens with one attached hydrogen (secondary N) is 2. The van der Waals surface area contributed by atoms with Gasteiger partial charge in [-0.2, -0.15) is 0 Å². The molecule has 1 aliphatic carbocycles. The molecule has 1 atom stereocenters. The number of hydrogen-bond donors (Lipinski definition) is 2. The zero-order chi connectivity index (χ0) is 31.1. The normalized spacial score (nSPS) is 14.4. The van der Waals surface area contributed by atoms with Crippen molar-refractivity contribution in [3.8, 4) is 5.75 Å². The van der Waals surface area contributed by atoms with E-state index in [4.69, 9.17) is 4.74 Å². The molecule has 3 aromatic rings. The van der Waals surface area contributed by atoms with Crippen LogP contribution in [0, 0.1) is 13.8 Å². The molecule has 1 aliphatic rings. The number of aromatic carboxylic acids is 1. The smallest absolute Gasteiger partial charge is 0.338 e. The summed E-state index contributed by atoms with van der Waals surface area (Å²) in [5, 5.41) is 16.3. The number of para-hydroxylation sites is 2. The number of urea groups is 1. The van der Waals surface area contributed by atoms with E-state index < -0.39 is 12.0 Å². The highest BCUT2D eigenvalue weighted by Gasteiger charge is 2.45. The quantitative estimate of drug-likeness (QED) is 0.347. The fourth-order valence-electron chi connectivity index (χ4n) is 5.66. The van der Waals surface area contributed by atoms with Crippen molar-refractivity contribution < 1.29 is 29.0 Å². The van der Waals surface area contributed by atoms with Gasteiger partial charge in [0.05, 0.1) is 13.0 Å². The van der Waals surface area contributed by atoms with Crippen LogP contribution in [0.25, 0.3) is 0 Å². The molecule has 0 aliphatic heterocycles. The summed E-state index contributed by atoms with van der Waals surface area (Å²) in [6.45, 7) is 3.47. The Labute approximate surface area is 251 Å². The van der Waals surface area contributed by atoms with Crippen LogP contribution in [0.5, 0.6) is 5.75 Å². The van der Waals surface area contributed by atoms with E-state index in [0.717, 1.165) is 42.5 Å². The van der Waals surface area contributed by atoms with E-state index in [1.54, 1.807) is 30.1 Å². The molecule has 1 fully saturated rings. The fourth-order valence-corrected chi connectivity index (χ4v) is 5.66. The van der Waals surface area contributed by atoms with Crippen molar-refractivity contribution in [3.05, 3.63) is 83.4 Å². The van der Waals surface area contributed by atoms with Crippen molar-refractivity contribution in [2.24, 2.45) is 0 Å². The molecule has 1 saturated carbocycles. The van der Waals surface area contributed by atoms with Crippen molar-refractivity contribution in [1.29, 1.82) is 0 Å². The predicted octanol–water partition coefficient (Wildman–Crippen LogP) is 3.94. The first-order valence-electron chi connectivity index (χ1n) is 14.3. The summed E-state index contributed by atoms with van der Waals surface area (Å²) in [6, 6.07) is 18.1. The summed E-state index contributed by atoms with van der Waals surface area (Å²) < 4.78 is 5.98. The zero-order valence-corrected chi connectivity index (χ0v) is 25.0. The summed E-state index contributed by atoms with van der Waals surface area (Å²) in [7, 11) is 3.53. The lowest BCUT2D eigenvalue weighted by atomic mass is 10.1. The maximum Gasteiger partial charge on any atom is 0.338 e. The number of benzene rings is 3. The van der Waals surface area contributed by atoms with Crippen LogP contribution >= 0.6 is 0 Å². The molecule has 0 spiro atoms. The van der Waals surface area contributed by atoms with Gasteiger partial charge < -0.3 is 30.2 Å². The second kappa shape index (κ2) is 13.5. The predicted molar refractivity (Wildman–Crippen MR) is 164 cm³/mol. The summed E-state index contributed by atoms with van der Waals surface area (Å²) >= 11 is 0. The molecule has 0 bridgehead atoms. The molecule has 10 heteroatoms. The average Bonchev–Trinajstić information content (AvgIpc) is 3.53. The molecule has 226 valence electrons. The third-order valence-corrected chi connectivity index (χ3v) is 8.01. The molecule has 1 unspecified atom stereocenters. The molecule has 10 nitrogen and oxygen atoms in total. The molecule has 2 N–H and O–H groups in total.